The molecular formula is C11H8ClFO3. The first kappa shape index (κ1) is 11.1. The van der Waals surface area contributed by atoms with Crippen molar-refractivity contribution in [3.05, 3.63) is 34.6 Å². The van der Waals surface area contributed by atoms with E-state index >= 15 is 0 Å². The Hall–Kier alpha value is -1.42. The Morgan fingerprint density at radius 3 is 2.56 bits per heavy atom. The predicted octanol–water partition coefficient (Wildman–Crippen LogP) is 2.38. The first-order valence-electron chi connectivity index (χ1n) is 4.73. The topological polar surface area (TPSA) is 54.4 Å². The van der Waals surface area contributed by atoms with Crippen molar-refractivity contribution in [2.75, 3.05) is 0 Å². The van der Waals surface area contributed by atoms with Gasteiger partial charge in [-0.1, -0.05) is 11.6 Å². The van der Waals surface area contributed by atoms with Crippen LogP contribution >= 0.6 is 11.6 Å². The molecule has 1 fully saturated rings. The molecule has 0 heterocycles. The number of carbonyl (C=O) groups is 2. The molecule has 3 nitrogen and oxygen atoms in total. The van der Waals surface area contributed by atoms with Gasteiger partial charge in [-0.05, 0) is 24.6 Å². The zero-order valence-electron chi connectivity index (χ0n) is 8.11. The molecule has 1 N–H and O–H groups in total. The van der Waals surface area contributed by atoms with E-state index in [0.29, 0.717) is 6.42 Å². The fraction of sp³-hybridized carbons (Fsp3) is 0.273. The number of rotatable bonds is 3. The Labute approximate surface area is 95.8 Å². The summed E-state index contributed by atoms with van der Waals surface area (Å²) in [6.07, 6.45) is 0.350. The van der Waals surface area contributed by atoms with Crippen LogP contribution in [-0.4, -0.2) is 16.9 Å². The summed E-state index contributed by atoms with van der Waals surface area (Å²) < 4.78 is 12.8. The molecule has 2 rings (SSSR count). The summed E-state index contributed by atoms with van der Waals surface area (Å²) in [5, 5.41) is 8.55. The largest absolute Gasteiger partial charge is 0.481 e. The summed E-state index contributed by atoms with van der Waals surface area (Å²) in [5.41, 5.74) is 0.264. The van der Waals surface area contributed by atoms with Gasteiger partial charge in [0, 0.05) is 11.5 Å². The lowest BCUT2D eigenvalue weighted by Crippen LogP contribution is -2.08. The lowest BCUT2D eigenvalue weighted by atomic mass is 10.1. The maximum absolute atomic E-state index is 12.8. The highest BCUT2D eigenvalue weighted by atomic mass is 35.5. The Bertz CT molecular complexity index is 472. The molecular weight excluding hydrogens is 235 g/mol. The van der Waals surface area contributed by atoms with E-state index in [0.717, 1.165) is 6.07 Å². The van der Waals surface area contributed by atoms with Crippen LogP contribution in [0.4, 0.5) is 4.39 Å². The molecule has 5 heteroatoms. The molecule has 0 bridgehead atoms. The molecule has 1 aromatic carbocycles. The highest BCUT2D eigenvalue weighted by molar-refractivity contribution is 6.31. The molecule has 84 valence electrons. The molecule has 0 aromatic heterocycles. The third-order valence-corrected chi connectivity index (χ3v) is 2.94. The van der Waals surface area contributed by atoms with Crippen LogP contribution in [0, 0.1) is 17.7 Å². The average molecular weight is 243 g/mol. The summed E-state index contributed by atoms with van der Waals surface area (Å²) in [4.78, 5) is 22.3. The second kappa shape index (κ2) is 3.87. The average Bonchev–Trinajstić information content (AvgIpc) is 3.01. The molecule has 1 saturated carbocycles. The number of benzene rings is 1. The van der Waals surface area contributed by atoms with Crippen molar-refractivity contribution in [1.29, 1.82) is 0 Å². The van der Waals surface area contributed by atoms with Gasteiger partial charge in [-0.3, -0.25) is 9.59 Å². The monoisotopic (exact) mass is 242 g/mol. The number of carboxylic acids is 1. The van der Waals surface area contributed by atoms with Gasteiger partial charge in [-0.25, -0.2) is 4.39 Å². The zero-order valence-corrected chi connectivity index (χ0v) is 8.87. The van der Waals surface area contributed by atoms with Gasteiger partial charge in [0.15, 0.2) is 5.78 Å². The second-order valence-electron chi connectivity index (χ2n) is 3.78. The summed E-state index contributed by atoms with van der Waals surface area (Å²) >= 11 is 5.54. The third-order valence-electron chi connectivity index (χ3n) is 2.65. The molecule has 1 aromatic rings. The van der Waals surface area contributed by atoms with Crippen molar-refractivity contribution in [2.45, 2.75) is 6.42 Å². The standard InChI is InChI=1S/C11H8ClFO3/c12-8-3-5(1-2-9(8)13)10(14)6-4-7(6)11(15)16/h1-3,6-7H,4H2,(H,15,16)/t6?,7-/m0/s1. The first-order valence-corrected chi connectivity index (χ1v) is 5.10. The Balaban J connectivity index is 2.17. The van der Waals surface area contributed by atoms with Crippen LogP contribution in [0.15, 0.2) is 18.2 Å². The summed E-state index contributed by atoms with van der Waals surface area (Å²) in [6, 6.07) is 3.66. The minimum atomic E-state index is -0.966. The number of hydrogen-bond acceptors (Lipinski definition) is 2. The Morgan fingerprint density at radius 2 is 2.06 bits per heavy atom. The molecule has 2 atom stereocenters. The maximum atomic E-state index is 12.8. The van der Waals surface area contributed by atoms with E-state index in [1.807, 2.05) is 0 Å². The molecule has 16 heavy (non-hydrogen) atoms. The molecule has 0 aliphatic heterocycles. The van der Waals surface area contributed by atoms with E-state index in [1.165, 1.54) is 12.1 Å². The lowest BCUT2D eigenvalue weighted by Gasteiger charge is -2.00. The van der Waals surface area contributed by atoms with Crippen molar-refractivity contribution >= 4 is 23.4 Å². The van der Waals surface area contributed by atoms with E-state index in [-0.39, 0.29) is 16.4 Å². The lowest BCUT2D eigenvalue weighted by molar-refractivity contribution is -0.138. The summed E-state index contributed by atoms with van der Waals surface area (Å²) in [5.74, 6) is -2.93. The van der Waals surface area contributed by atoms with Crippen LogP contribution in [0.2, 0.25) is 5.02 Å². The number of carboxylic acid groups (broad SMARTS) is 1. The van der Waals surface area contributed by atoms with Gasteiger partial charge in [0.1, 0.15) is 5.82 Å². The Morgan fingerprint density at radius 1 is 1.38 bits per heavy atom. The van der Waals surface area contributed by atoms with Crippen molar-refractivity contribution < 1.29 is 19.1 Å². The molecule has 0 radical (unpaired) electrons. The second-order valence-corrected chi connectivity index (χ2v) is 4.19. The number of ketones is 1. The highest BCUT2D eigenvalue weighted by Crippen LogP contribution is 2.41. The minimum Gasteiger partial charge on any atom is -0.481 e. The molecule has 1 aliphatic carbocycles. The van der Waals surface area contributed by atoms with E-state index in [1.54, 1.807) is 0 Å². The van der Waals surface area contributed by atoms with Crippen LogP contribution in [0.1, 0.15) is 16.8 Å². The van der Waals surface area contributed by atoms with Crippen LogP contribution in [-0.2, 0) is 4.79 Å². The molecule has 0 saturated heterocycles. The van der Waals surface area contributed by atoms with E-state index in [9.17, 15) is 14.0 Å². The number of hydrogen-bond donors (Lipinski definition) is 1. The van der Waals surface area contributed by atoms with Crippen LogP contribution in [0.5, 0.6) is 0 Å². The quantitative estimate of drug-likeness (QED) is 0.828. The molecule has 1 aliphatic rings. The molecule has 0 amide bonds. The Kier molecular flexibility index (Phi) is 2.68. The molecule has 0 spiro atoms. The smallest absolute Gasteiger partial charge is 0.307 e. The normalized spacial score (nSPS) is 22.9. The van der Waals surface area contributed by atoms with Crippen molar-refractivity contribution in [1.82, 2.24) is 0 Å². The van der Waals surface area contributed by atoms with Gasteiger partial charge < -0.3 is 5.11 Å². The van der Waals surface area contributed by atoms with Crippen LogP contribution in [0.3, 0.4) is 0 Å². The van der Waals surface area contributed by atoms with Gasteiger partial charge >= 0.3 is 5.97 Å². The van der Waals surface area contributed by atoms with Gasteiger partial charge in [0.25, 0.3) is 0 Å². The van der Waals surface area contributed by atoms with E-state index < -0.39 is 23.6 Å². The van der Waals surface area contributed by atoms with Crippen molar-refractivity contribution in [3.8, 4) is 0 Å². The number of carbonyl (C=O) groups excluding carboxylic acids is 1. The number of halogens is 2. The van der Waals surface area contributed by atoms with Gasteiger partial charge in [0.2, 0.25) is 0 Å². The van der Waals surface area contributed by atoms with Crippen LogP contribution < -0.4 is 0 Å². The zero-order chi connectivity index (χ0) is 11.9. The first-order chi connectivity index (χ1) is 7.50. The highest BCUT2D eigenvalue weighted by Gasteiger charge is 2.48. The maximum Gasteiger partial charge on any atom is 0.307 e. The van der Waals surface area contributed by atoms with Gasteiger partial charge in [-0.2, -0.15) is 0 Å². The van der Waals surface area contributed by atoms with E-state index in [2.05, 4.69) is 0 Å². The van der Waals surface area contributed by atoms with Crippen molar-refractivity contribution in [3.63, 3.8) is 0 Å². The summed E-state index contributed by atoms with van der Waals surface area (Å²) in [6.45, 7) is 0. The third kappa shape index (κ3) is 1.93. The van der Waals surface area contributed by atoms with Gasteiger partial charge in [-0.15, -0.1) is 0 Å². The summed E-state index contributed by atoms with van der Waals surface area (Å²) in [7, 11) is 0. The number of Topliss-reactive ketones (excluding diaryl/α,β-unsaturated/α-hetero) is 1. The fourth-order valence-corrected chi connectivity index (χ4v) is 1.80. The SMILES string of the molecule is O=C(c1ccc(F)c(Cl)c1)C1C[C@@H]1C(=O)O. The number of aliphatic carboxylic acids is 1. The van der Waals surface area contributed by atoms with E-state index in [4.69, 9.17) is 16.7 Å². The predicted molar refractivity (Wildman–Crippen MR) is 55.0 cm³/mol. The minimum absolute atomic E-state index is 0.127. The molecule has 1 unspecified atom stereocenters. The fourth-order valence-electron chi connectivity index (χ4n) is 1.62. The van der Waals surface area contributed by atoms with Gasteiger partial charge in [0.05, 0.1) is 10.9 Å². The van der Waals surface area contributed by atoms with Crippen LogP contribution in [0.25, 0.3) is 0 Å². The van der Waals surface area contributed by atoms with Crippen molar-refractivity contribution in [2.24, 2.45) is 11.8 Å².